The Hall–Kier alpha value is 0.543. The molecule has 0 amide bonds. The van der Waals surface area contributed by atoms with Crippen LogP contribution in [0, 0.1) is 5.92 Å². The van der Waals surface area contributed by atoms with Crippen molar-refractivity contribution in [1.82, 2.24) is 0 Å². The van der Waals surface area contributed by atoms with E-state index in [4.69, 9.17) is 0 Å². The first-order chi connectivity index (χ1) is 10.3. The fourth-order valence-electron chi connectivity index (χ4n) is 3.13. The van der Waals surface area contributed by atoms with Crippen LogP contribution in [0.2, 0.25) is 5.25 Å². The van der Waals surface area contributed by atoms with Gasteiger partial charge in [-0.25, -0.2) is 0 Å². The molecule has 0 aromatic rings. The van der Waals surface area contributed by atoms with Crippen molar-refractivity contribution >= 4 is 16.5 Å². The molecule has 0 nitrogen and oxygen atoms in total. The summed E-state index contributed by atoms with van der Waals surface area (Å²) in [6.45, 7) is 4.60. The molecule has 0 aromatic heterocycles. The van der Waals surface area contributed by atoms with E-state index < -0.39 is 0 Å². The molecule has 0 bridgehead atoms. The summed E-state index contributed by atoms with van der Waals surface area (Å²) in [5.41, 5.74) is 0. The molecule has 1 unspecified atom stereocenters. The normalized spacial score (nSPS) is 12.7. The summed E-state index contributed by atoms with van der Waals surface area (Å²) in [6, 6.07) is 0. The Morgan fingerprint density at radius 3 is 1.19 bits per heavy atom. The van der Waals surface area contributed by atoms with Gasteiger partial charge in [0.15, 0.2) is 0 Å². The third-order valence-electron chi connectivity index (χ3n) is 4.72. The van der Waals surface area contributed by atoms with Gasteiger partial charge < -0.3 is 0 Å². The van der Waals surface area contributed by atoms with E-state index in [1.165, 1.54) is 108 Å². The molecule has 0 N–H and O–H groups in total. The van der Waals surface area contributed by atoms with Gasteiger partial charge in [0, 0.05) is 0 Å². The average molecular weight is 354 g/mol. The Balaban J connectivity index is 3.28. The monoisotopic (exact) mass is 355 g/mol. The van der Waals surface area contributed by atoms with Crippen molar-refractivity contribution in [2.75, 3.05) is 0 Å². The van der Waals surface area contributed by atoms with E-state index >= 15 is 0 Å². The minimum absolute atomic E-state index is 1.02. The summed E-state index contributed by atoms with van der Waals surface area (Å²) in [7, 11) is 0. The third kappa shape index (κ3) is 16.7. The van der Waals surface area contributed by atoms with Gasteiger partial charge in [-0.05, 0) is 0 Å². The van der Waals surface area contributed by atoms with Crippen LogP contribution in [0.3, 0.4) is 0 Å². The predicted molar refractivity (Wildman–Crippen MR) is 99.3 cm³/mol. The molecule has 125 valence electrons. The molecule has 0 saturated carbocycles. The quantitative estimate of drug-likeness (QED) is 0.188. The van der Waals surface area contributed by atoms with Crippen LogP contribution in [0.15, 0.2) is 0 Å². The van der Waals surface area contributed by atoms with Crippen molar-refractivity contribution in [2.45, 2.75) is 122 Å². The minimum atomic E-state index is 1.02. The topological polar surface area (TPSA) is 0 Å². The zero-order valence-electron chi connectivity index (χ0n) is 15.1. The van der Waals surface area contributed by atoms with Crippen LogP contribution in [0.25, 0.3) is 0 Å². The average Bonchev–Trinajstić information content (AvgIpc) is 2.51. The van der Waals surface area contributed by atoms with Gasteiger partial charge >= 0.3 is 144 Å². The van der Waals surface area contributed by atoms with Crippen molar-refractivity contribution in [3.63, 3.8) is 0 Å². The van der Waals surface area contributed by atoms with Crippen LogP contribution in [0.5, 0.6) is 0 Å². The molecule has 0 aliphatic heterocycles. The fraction of sp³-hybridized carbons (Fsp3) is 1.00. The number of unbranched alkanes of at least 4 members (excludes halogenated alkanes) is 12. The zero-order valence-corrected chi connectivity index (χ0v) is 17.2. The molecule has 0 aliphatic rings. The molecular weight excluding hydrogens is 313 g/mol. The van der Waals surface area contributed by atoms with Gasteiger partial charge in [-0.2, -0.15) is 0 Å². The Kier molecular flexibility index (Phi) is 19.1. The molecule has 0 spiro atoms. The summed E-state index contributed by atoms with van der Waals surface area (Å²) < 4.78 is 0. The number of hydrogen-bond acceptors (Lipinski definition) is 0. The fourth-order valence-corrected chi connectivity index (χ4v) is 3.99. The molecule has 0 fully saturated rings. The summed E-state index contributed by atoms with van der Waals surface area (Å²) in [5, 5.41) is 1.41. The van der Waals surface area contributed by atoms with Crippen molar-refractivity contribution < 1.29 is 0 Å². The van der Waals surface area contributed by atoms with Gasteiger partial charge in [-0.15, -0.1) is 0 Å². The maximum absolute atomic E-state index is 2.40. The second kappa shape index (κ2) is 18.6. The van der Waals surface area contributed by atoms with Gasteiger partial charge in [0.05, 0.1) is 0 Å². The first kappa shape index (κ1) is 21.5. The van der Waals surface area contributed by atoms with Gasteiger partial charge in [-0.3, -0.25) is 0 Å². The Labute approximate surface area is 144 Å². The number of rotatable bonds is 17. The van der Waals surface area contributed by atoms with Crippen molar-refractivity contribution in [1.29, 1.82) is 0 Å². The maximum atomic E-state index is 2.40. The first-order valence-corrected chi connectivity index (χ1v) is 11.5. The molecule has 0 aliphatic carbocycles. The van der Waals surface area contributed by atoms with E-state index in [1.54, 1.807) is 0 Å². The molecule has 3 radical (unpaired) electrons. The van der Waals surface area contributed by atoms with Gasteiger partial charge in [-0.1, -0.05) is 0 Å². The summed E-state index contributed by atoms with van der Waals surface area (Å²) in [4.78, 5) is 0. The van der Waals surface area contributed by atoms with Crippen molar-refractivity contribution in [3.8, 4) is 0 Å². The van der Waals surface area contributed by atoms with E-state index in [0.717, 1.165) is 5.92 Å². The molecule has 21 heavy (non-hydrogen) atoms. The zero-order chi connectivity index (χ0) is 15.6. The van der Waals surface area contributed by atoms with Crippen LogP contribution in [-0.2, 0) is 0 Å². The van der Waals surface area contributed by atoms with Crippen molar-refractivity contribution in [2.24, 2.45) is 5.92 Å². The Morgan fingerprint density at radius 2 is 0.857 bits per heavy atom. The van der Waals surface area contributed by atoms with E-state index in [-0.39, 0.29) is 0 Å². The van der Waals surface area contributed by atoms with E-state index in [0.29, 0.717) is 0 Å². The van der Waals surface area contributed by atoms with Crippen LogP contribution < -0.4 is 0 Å². The van der Waals surface area contributed by atoms with Crippen LogP contribution in [-0.4, -0.2) is 16.5 Å². The van der Waals surface area contributed by atoms with Crippen molar-refractivity contribution in [3.05, 3.63) is 0 Å². The van der Waals surface area contributed by atoms with Crippen LogP contribution in [0.4, 0.5) is 0 Å². The van der Waals surface area contributed by atoms with Crippen LogP contribution >= 0.6 is 0 Å². The summed E-state index contributed by atoms with van der Waals surface area (Å²) in [6.07, 6.45) is 23.4. The molecule has 0 heterocycles. The van der Waals surface area contributed by atoms with Crippen LogP contribution in [0.1, 0.15) is 117 Å². The van der Waals surface area contributed by atoms with E-state index in [1.807, 2.05) is 0 Å². The molecule has 1 heteroatoms. The Morgan fingerprint density at radius 1 is 0.524 bits per heavy atom. The van der Waals surface area contributed by atoms with Gasteiger partial charge in [0.25, 0.3) is 0 Å². The third-order valence-corrected chi connectivity index (χ3v) is 5.93. The van der Waals surface area contributed by atoms with E-state index in [2.05, 4.69) is 30.4 Å². The predicted octanol–water partition coefficient (Wildman–Crippen LogP) is 7.47. The van der Waals surface area contributed by atoms with Gasteiger partial charge in [0.1, 0.15) is 0 Å². The SMILES string of the molecule is CCCCCCCCCCC([CH2][Ge])CCCCCCCC. The second-order valence-electron chi connectivity index (χ2n) is 6.89. The van der Waals surface area contributed by atoms with Gasteiger partial charge in [0.2, 0.25) is 0 Å². The first-order valence-electron chi connectivity index (χ1n) is 9.99. The standard InChI is InChI=1S/C20H41Ge/c1-3-5-7-9-11-12-14-16-18-20(19-21)17-15-13-10-8-6-4-2/h20H,3-19H2,1-2H3. The second-order valence-corrected chi connectivity index (χ2v) is 7.75. The summed E-state index contributed by atoms with van der Waals surface area (Å²) >= 11 is 2.40. The summed E-state index contributed by atoms with van der Waals surface area (Å²) in [5.74, 6) is 1.02. The molecule has 0 aromatic carbocycles. The van der Waals surface area contributed by atoms with E-state index in [9.17, 15) is 0 Å². The number of hydrogen-bond donors (Lipinski definition) is 0. The Bertz CT molecular complexity index is 179. The molecule has 0 rings (SSSR count). The molecule has 0 saturated heterocycles. The molecule has 1 atom stereocenters. The molecular formula is C20H41Ge.